The van der Waals surface area contributed by atoms with Gasteiger partial charge in [0.05, 0.1) is 29.7 Å². The molecule has 0 saturated carbocycles. The Balaban J connectivity index is 1.97. The lowest BCUT2D eigenvalue weighted by atomic mass is 9.88. The van der Waals surface area contributed by atoms with Gasteiger partial charge < -0.3 is 31.5 Å². The molecule has 39 heavy (non-hydrogen) atoms. The molecule has 4 amide bonds. The number of hydrogen-bond donors (Lipinski definition) is 6. The lowest BCUT2D eigenvalue weighted by Gasteiger charge is -2.34. The largest absolute Gasteiger partial charge is 0.507 e. The molecule has 10 nitrogen and oxygen atoms in total. The number of aliphatic hydroxyl groups excluding tert-OH is 1. The number of hydrogen-bond acceptors (Lipinski definition) is 6. The second kappa shape index (κ2) is 13.4. The van der Waals surface area contributed by atoms with Crippen LogP contribution in [0.4, 0.5) is 0 Å². The molecule has 1 unspecified atom stereocenters. The minimum Gasteiger partial charge on any atom is -0.507 e. The maximum Gasteiger partial charge on any atom is 0.255 e. The first kappa shape index (κ1) is 29.9. The van der Waals surface area contributed by atoms with E-state index in [0.717, 1.165) is 18.4 Å². The van der Waals surface area contributed by atoms with Crippen molar-refractivity contribution in [3.05, 3.63) is 53.6 Å². The highest BCUT2D eigenvalue weighted by molar-refractivity contribution is 6.00. The summed E-state index contributed by atoms with van der Waals surface area (Å²) in [5, 5.41) is 32.4. The first-order valence-corrected chi connectivity index (χ1v) is 13.5. The molecule has 0 spiro atoms. The van der Waals surface area contributed by atoms with Crippen molar-refractivity contribution in [3.8, 4) is 5.75 Å². The van der Waals surface area contributed by atoms with E-state index < -0.39 is 59.8 Å². The predicted octanol–water partition coefficient (Wildman–Crippen LogP) is 1.69. The van der Waals surface area contributed by atoms with Gasteiger partial charge in [-0.05, 0) is 50.7 Å². The lowest BCUT2D eigenvalue weighted by molar-refractivity contribution is -0.136. The Morgan fingerprint density at radius 1 is 1.05 bits per heavy atom. The molecule has 3 rings (SSSR count). The van der Waals surface area contributed by atoms with Crippen LogP contribution < -0.4 is 21.3 Å². The van der Waals surface area contributed by atoms with Gasteiger partial charge in [-0.25, -0.2) is 0 Å². The number of rotatable bonds is 6. The number of carbonyl (C=O) groups excluding carboxylic acids is 4. The number of phenols is 1. The molecule has 1 saturated heterocycles. The van der Waals surface area contributed by atoms with Crippen LogP contribution in [0.5, 0.6) is 5.75 Å². The number of phenolic OH excluding ortho intramolecular Hbond substituents is 1. The summed E-state index contributed by atoms with van der Waals surface area (Å²) in [4.78, 5) is 53.0. The Bertz CT molecular complexity index is 1130. The topological polar surface area (TPSA) is 157 Å². The number of allylic oxidation sites excluding steroid dienone is 3. The van der Waals surface area contributed by atoms with Gasteiger partial charge in [-0.1, -0.05) is 56.7 Å². The zero-order valence-corrected chi connectivity index (χ0v) is 22.9. The van der Waals surface area contributed by atoms with E-state index in [9.17, 15) is 29.4 Å². The smallest absolute Gasteiger partial charge is 0.255 e. The number of aliphatic hydroxyl groups is 1. The number of para-hydroxylation sites is 1. The van der Waals surface area contributed by atoms with E-state index in [4.69, 9.17) is 0 Å². The lowest BCUT2D eigenvalue weighted by Crippen LogP contribution is -2.63. The molecular weight excluding hydrogens is 500 g/mol. The molecule has 1 heterocycles. The normalized spacial score (nSPS) is 28.4. The van der Waals surface area contributed by atoms with Crippen molar-refractivity contribution >= 4 is 23.6 Å². The minimum absolute atomic E-state index is 0.0238. The van der Waals surface area contributed by atoms with E-state index in [1.54, 1.807) is 26.0 Å². The maximum absolute atomic E-state index is 13.7. The van der Waals surface area contributed by atoms with Crippen molar-refractivity contribution in [1.82, 2.24) is 21.3 Å². The molecule has 1 aromatic rings. The van der Waals surface area contributed by atoms with Gasteiger partial charge in [0.1, 0.15) is 17.8 Å². The Kier molecular flexibility index (Phi) is 10.3. The Morgan fingerprint density at radius 3 is 2.41 bits per heavy atom. The van der Waals surface area contributed by atoms with Crippen LogP contribution in [-0.4, -0.2) is 64.1 Å². The number of nitrogens with one attached hydrogen (secondary N) is 4. The summed E-state index contributed by atoms with van der Waals surface area (Å²) in [5.41, 5.74) is 0.986. The Hall–Kier alpha value is -3.66. The van der Waals surface area contributed by atoms with Crippen LogP contribution in [0, 0.1) is 11.8 Å². The number of amides is 4. The molecule has 212 valence electrons. The van der Waals surface area contributed by atoms with Crippen molar-refractivity contribution in [3.63, 3.8) is 0 Å². The van der Waals surface area contributed by atoms with Crippen LogP contribution in [0.2, 0.25) is 0 Å². The third-order valence-corrected chi connectivity index (χ3v) is 7.18. The third-order valence-electron chi connectivity index (χ3n) is 7.18. The molecule has 6 N–H and O–H groups in total. The Morgan fingerprint density at radius 2 is 1.77 bits per heavy atom. The van der Waals surface area contributed by atoms with Gasteiger partial charge >= 0.3 is 0 Å². The second-order valence-corrected chi connectivity index (χ2v) is 10.8. The molecule has 0 bridgehead atoms. The van der Waals surface area contributed by atoms with Crippen molar-refractivity contribution in [2.45, 2.75) is 83.6 Å². The van der Waals surface area contributed by atoms with Gasteiger partial charge in [-0.3, -0.25) is 19.2 Å². The van der Waals surface area contributed by atoms with Crippen molar-refractivity contribution < 1.29 is 29.4 Å². The van der Waals surface area contributed by atoms with Crippen molar-refractivity contribution in [1.29, 1.82) is 0 Å². The fraction of sp³-hybridized carbons (Fsp3) is 0.517. The average molecular weight is 541 g/mol. The standard InChI is InChI=1S/C29H40N4O6/c1-16(2)14-22-28(38)30-18(4)24(33-27(37)20-12-8-9-13-23(20)34)29(39)31-21(15-19-10-6-5-7-11-19)25(35)17(3)26(36)32-22/h5-6,8-10,12-13,16-18,21-22,24-25,34-35H,7,11,14-15H2,1-4H3,(H,30,38)(H,31,39)(H,32,36)(H,33,37)/t17-,18-,21+,22?,24+,25+/m1/s1. The average Bonchev–Trinajstić information content (AvgIpc) is 2.89. The summed E-state index contributed by atoms with van der Waals surface area (Å²) in [5.74, 6) is -3.42. The summed E-state index contributed by atoms with van der Waals surface area (Å²) < 4.78 is 0. The highest BCUT2D eigenvalue weighted by atomic mass is 16.3. The quantitative estimate of drug-likeness (QED) is 0.322. The summed E-state index contributed by atoms with van der Waals surface area (Å²) in [6.07, 6.45) is 6.86. The number of aromatic hydroxyl groups is 1. The van der Waals surface area contributed by atoms with Crippen LogP contribution in [0.25, 0.3) is 0 Å². The number of carbonyl (C=O) groups is 4. The second-order valence-electron chi connectivity index (χ2n) is 10.8. The summed E-state index contributed by atoms with van der Waals surface area (Å²) in [7, 11) is 0. The first-order valence-electron chi connectivity index (χ1n) is 13.5. The van der Waals surface area contributed by atoms with Crippen LogP contribution in [0.1, 0.15) is 63.7 Å². The summed E-state index contributed by atoms with van der Waals surface area (Å²) in [6, 6.07) is 2.10. The molecule has 1 aliphatic heterocycles. The zero-order chi connectivity index (χ0) is 28.7. The fourth-order valence-corrected chi connectivity index (χ4v) is 4.85. The monoisotopic (exact) mass is 540 g/mol. The van der Waals surface area contributed by atoms with Gasteiger partial charge in [-0.15, -0.1) is 0 Å². The van der Waals surface area contributed by atoms with E-state index in [-0.39, 0.29) is 17.2 Å². The first-order chi connectivity index (χ1) is 18.5. The van der Waals surface area contributed by atoms with Crippen LogP contribution in [0.15, 0.2) is 48.1 Å². The molecule has 1 aliphatic carbocycles. The zero-order valence-electron chi connectivity index (χ0n) is 22.9. The molecule has 1 aromatic carbocycles. The SMILES string of the molecule is CC(C)CC1NC(=O)[C@H](C)[C@H](O)[C@H](CC2=CC=CCC2)NC(=O)[C@@H](NC(=O)c2ccccc2O)[C@@H](C)NC1=O. The van der Waals surface area contributed by atoms with E-state index in [2.05, 4.69) is 21.3 Å². The molecule has 10 heteroatoms. The molecular formula is C29H40N4O6. The van der Waals surface area contributed by atoms with Gasteiger partial charge in [0.2, 0.25) is 17.7 Å². The highest BCUT2D eigenvalue weighted by Gasteiger charge is 2.38. The van der Waals surface area contributed by atoms with Gasteiger partial charge in [0, 0.05) is 0 Å². The van der Waals surface area contributed by atoms with Crippen LogP contribution in [0.3, 0.4) is 0 Å². The highest BCUT2D eigenvalue weighted by Crippen LogP contribution is 2.22. The van der Waals surface area contributed by atoms with Gasteiger partial charge in [0.25, 0.3) is 5.91 Å². The van der Waals surface area contributed by atoms with Gasteiger partial charge in [0.15, 0.2) is 0 Å². The van der Waals surface area contributed by atoms with Gasteiger partial charge in [-0.2, -0.15) is 0 Å². The van der Waals surface area contributed by atoms with E-state index in [1.807, 2.05) is 32.1 Å². The van der Waals surface area contributed by atoms with Crippen molar-refractivity contribution in [2.75, 3.05) is 0 Å². The van der Waals surface area contributed by atoms with Crippen molar-refractivity contribution in [2.24, 2.45) is 11.8 Å². The fourth-order valence-electron chi connectivity index (χ4n) is 4.85. The molecule has 2 aliphatic rings. The maximum atomic E-state index is 13.7. The number of benzene rings is 1. The molecule has 6 atom stereocenters. The molecule has 0 aromatic heterocycles. The van der Waals surface area contributed by atoms with Crippen LogP contribution >= 0.6 is 0 Å². The van der Waals surface area contributed by atoms with Crippen LogP contribution in [-0.2, 0) is 14.4 Å². The van der Waals surface area contributed by atoms with E-state index in [1.165, 1.54) is 12.1 Å². The third kappa shape index (κ3) is 7.92. The van der Waals surface area contributed by atoms with E-state index >= 15 is 0 Å². The Labute approximate surface area is 229 Å². The molecule has 0 radical (unpaired) electrons. The molecule has 1 fully saturated rings. The summed E-state index contributed by atoms with van der Waals surface area (Å²) in [6.45, 7) is 6.98. The summed E-state index contributed by atoms with van der Waals surface area (Å²) >= 11 is 0. The predicted molar refractivity (Wildman–Crippen MR) is 147 cm³/mol. The van der Waals surface area contributed by atoms with E-state index in [0.29, 0.717) is 12.8 Å². The minimum atomic E-state index is -1.26.